The van der Waals surface area contributed by atoms with E-state index in [1.54, 1.807) is 11.3 Å². The van der Waals surface area contributed by atoms with Crippen LogP contribution in [0.25, 0.3) is 0 Å². The first-order valence-corrected chi connectivity index (χ1v) is 10.0. The summed E-state index contributed by atoms with van der Waals surface area (Å²) in [5, 5.41) is 2.01. The Balaban J connectivity index is 1.83. The molecule has 4 heteroatoms. The molecule has 0 radical (unpaired) electrons. The Kier molecular flexibility index (Phi) is 5.38. The third kappa shape index (κ3) is 3.53. The number of rotatable bonds is 3. The van der Waals surface area contributed by atoms with Crippen LogP contribution in [0.5, 0.6) is 0 Å². The molecule has 2 fully saturated rings. The molecule has 2 saturated carbocycles. The SMILES string of the molecule is O=C(c1sccc1Br)N(C1CCCCC1)C1CCCCC1. The molecular formula is C17H24BrNOS. The quantitative estimate of drug-likeness (QED) is 0.676. The number of nitrogens with zero attached hydrogens (tertiary/aromatic N) is 1. The number of carbonyl (C=O) groups excluding carboxylic acids is 1. The van der Waals surface area contributed by atoms with Gasteiger partial charge in [-0.25, -0.2) is 0 Å². The van der Waals surface area contributed by atoms with Crippen LogP contribution < -0.4 is 0 Å². The van der Waals surface area contributed by atoms with Gasteiger partial charge < -0.3 is 4.90 Å². The lowest BCUT2D eigenvalue weighted by molar-refractivity contribution is 0.0452. The predicted octanol–water partition coefficient (Wildman–Crippen LogP) is 5.62. The third-order valence-electron chi connectivity index (χ3n) is 4.98. The fourth-order valence-electron chi connectivity index (χ4n) is 3.91. The lowest BCUT2D eigenvalue weighted by atomic mass is 9.88. The van der Waals surface area contributed by atoms with Crippen LogP contribution in [0.15, 0.2) is 15.9 Å². The van der Waals surface area contributed by atoms with Gasteiger partial charge in [-0.15, -0.1) is 11.3 Å². The van der Waals surface area contributed by atoms with Crippen molar-refractivity contribution in [2.75, 3.05) is 0 Å². The monoisotopic (exact) mass is 369 g/mol. The van der Waals surface area contributed by atoms with E-state index < -0.39 is 0 Å². The van der Waals surface area contributed by atoms with Gasteiger partial charge in [-0.2, -0.15) is 0 Å². The summed E-state index contributed by atoms with van der Waals surface area (Å²) in [5.41, 5.74) is 0. The van der Waals surface area contributed by atoms with Crippen LogP contribution in [-0.4, -0.2) is 22.9 Å². The van der Waals surface area contributed by atoms with Gasteiger partial charge in [-0.1, -0.05) is 38.5 Å². The van der Waals surface area contributed by atoms with E-state index >= 15 is 0 Å². The van der Waals surface area contributed by atoms with Crippen molar-refractivity contribution in [3.63, 3.8) is 0 Å². The van der Waals surface area contributed by atoms with E-state index in [4.69, 9.17) is 0 Å². The van der Waals surface area contributed by atoms with Crippen molar-refractivity contribution in [2.45, 2.75) is 76.3 Å². The molecule has 0 N–H and O–H groups in total. The Morgan fingerprint density at radius 3 is 1.95 bits per heavy atom. The van der Waals surface area contributed by atoms with Crippen LogP contribution in [0, 0.1) is 0 Å². The van der Waals surface area contributed by atoms with E-state index in [9.17, 15) is 4.79 Å². The van der Waals surface area contributed by atoms with Gasteiger partial charge in [0.2, 0.25) is 0 Å². The minimum absolute atomic E-state index is 0.274. The van der Waals surface area contributed by atoms with Crippen LogP contribution in [0.2, 0.25) is 0 Å². The van der Waals surface area contributed by atoms with E-state index in [2.05, 4.69) is 20.8 Å². The van der Waals surface area contributed by atoms with Gasteiger partial charge in [0.1, 0.15) is 4.88 Å². The van der Waals surface area contributed by atoms with Crippen molar-refractivity contribution < 1.29 is 4.79 Å². The number of hydrogen-bond donors (Lipinski definition) is 0. The van der Waals surface area contributed by atoms with E-state index in [1.807, 2.05) is 11.4 Å². The first kappa shape index (κ1) is 15.5. The minimum atomic E-state index is 0.274. The molecule has 0 bridgehead atoms. The Morgan fingerprint density at radius 1 is 1.00 bits per heavy atom. The maximum absolute atomic E-state index is 13.1. The van der Waals surface area contributed by atoms with Crippen molar-refractivity contribution in [3.8, 4) is 0 Å². The number of hydrogen-bond acceptors (Lipinski definition) is 2. The molecule has 116 valence electrons. The Bertz CT molecular complexity index is 457. The summed E-state index contributed by atoms with van der Waals surface area (Å²) in [5.74, 6) is 0.274. The van der Waals surface area contributed by atoms with Gasteiger partial charge in [-0.05, 0) is 53.1 Å². The number of thiophene rings is 1. The largest absolute Gasteiger partial charge is 0.332 e. The highest BCUT2D eigenvalue weighted by atomic mass is 79.9. The minimum Gasteiger partial charge on any atom is -0.332 e. The van der Waals surface area contributed by atoms with Gasteiger partial charge in [0.15, 0.2) is 0 Å². The molecule has 2 nitrogen and oxygen atoms in total. The van der Waals surface area contributed by atoms with E-state index in [0.29, 0.717) is 12.1 Å². The normalized spacial score (nSPS) is 21.4. The second-order valence-corrected chi connectivity index (χ2v) is 8.16. The van der Waals surface area contributed by atoms with Gasteiger partial charge >= 0.3 is 0 Å². The van der Waals surface area contributed by atoms with E-state index in [1.165, 1.54) is 64.2 Å². The molecule has 2 aliphatic rings. The lowest BCUT2D eigenvalue weighted by Crippen LogP contribution is -2.48. The van der Waals surface area contributed by atoms with Crippen molar-refractivity contribution in [2.24, 2.45) is 0 Å². The van der Waals surface area contributed by atoms with Crippen molar-refractivity contribution >= 4 is 33.2 Å². The molecule has 21 heavy (non-hydrogen) atoms. The zero-order valence-corrected chi connectivity index (χ0v) is 14.9. The van der Waals surface area contributed by atoms with Gasteiger partial charge in [-0.3, -0.25) is 4.79 Å². The topological polar surface area (TPSA) is 20.3 Å². The van der Waals surface area contributed by atoms with E-state index in [0.717, 1.165) is 9.35 Å². The fraction of sp³-hybridized carbons (Fsp3) is 0.706. The van der Waals surface area contributed by atoms with Crippen LogP contribution in [0.3, 0.4) is 0 Å². The summed E-state index contributed by atoms with van der Waals surface area (Å²) in [6.07, 6.45) is 12.6. The van der Waals surface area contributed by atoms with Gasteiger partial charge in [0.25, 0.3) is 5.91 Å². The van der Waals surface area contributed by atoms with Gasteiger partial charge in [0.05, 0.1) is 0 Å². The number of amides is 1. The summed E-state index contributed by atoms with van der Waals surface area (Å²) in [4.78, 5) is 16.3. The predicted molar refractivity (Wildman–Crippen MR) is 91.9 cm³/mol. The van der Waals surface area contributed by atoms with Crippen LogP contribution in [0.1, 0.15) is 73.9 Å². The molecule has 0 spiro atoms. The maximum Gasteiger partial charge on any atom is 0.265 e. The fourth-order valence-corrected chi connectivity index (χ4v) is 5.40. The molecule has 1 aromatic rings. The molecule has 0 atom stereocenters. The highest BCUT2D eigenvalue weighted by Crippen LogP contribution is 2.33. The number of carbonyl (C=O) groups is 1. The summed E-state index contributed by atoms with van der Waals surface area (Å²) in [6, 6.07) is 2.95. The second-order valence-electron chi connectivity index (χ2n) is 6.39. The molecule has 0 aromatic carbocycles. The summed E-state index contributed by atoms with van der Waals surface area (Å²) in [7, 11) is 0. The lowest BCUT2D eigenvalue weighted by Gasteiger charge is -2.41. The van der Waals surface area contributed by atoms with Crippen molar-refractivity contribution in [3.05, 3.63) is 20.8 Å². The first-order valence-electron chi connectivity index (χ1n) is 8.33. The molecule has 3 rings (SSSR count). The average Bonchev–Trinajstić information content (AvgIpc) is 2.96. The molecule has 1 aromatic heterocycles. The Morgan fingerprint density at radius 2 is 1.52 bits per heavy atom. The molecule has 2 aliphatic carbocycles. The van der Waals surface area contributed by atoms with Crippen LogP contribution in [0.4, 0.5) is 0 Å². The van der Waals surface area contributed by atoms with Crippen LogP contribution in [-0.2, 0) is 0 Å². The third-order valence-corrected chi connectivity index (χ3v) is 6.81. The second kappa shape index (κ2) is 7.28. The van der Waals surface area contributed by atoms with Gasteiger partial charge in [0, 0.05) is 16.6 Å². The summed E-state index contributed by atoms with van der Waals surface area (Å²) < 4.78 is 0.967. The zero-order chi connectivity index (χ0) is 14.7. The molecule has 0 aliphatic heterocycles. The molecule has 1 heterocycles. The Labute approximate surface area is 140 Å². The standard InChI is InChI=1S/C17H24BrNOS/c18-15-11-12-21-16(15)17(20)19(13-7-3-1-4-8-13)14-9-5-2-6-10-14/h11-14H,1-10H2. The summed E-state index contributed by atoms with van der Waals surface area (Å²) in [6.45, 7) is 0. The molecular weight excluding hydrogens is 346 g/mol. The molecule has 1 amide bonds. The van der Waals surface area contributed by atoms with Crippen molar-refractivity contribution in [1.29, 1.82) is 0 Å². The average molecular weight is 370 g/mol. The number of halogens is 1. The smallest absolute Gasteiger partial charge is 0.265 e. The summed E-state index contributed by atoms with van der Waals surface area (Å²) >= 11 is 5.12. The maximum atomic E-state index is 13.1. The first-order chi connectivity index (χ1) is 10.3. The van der Waals surface area contributed by atoms with Crippen molar-refractivity contribution in [1.82, 2.24) is 4.90 Å². The molecule has 0 unspecified atom stereocenters. The molecule has 0 saturated heterocycles. The highest BCUT2D eigenvalue weighted by molar-refractivity contribution is 9.10. The Hall–Kier alpha value is -0.350. The van der Waals surface area contributed by atoms with Crippen LogP contribution >= 0.6 is 27.3 Å². The highest BCUT2D eigenvalue weighted by Gasteiger charge is 2.34. The zero-order valence-electron chi connectivity index (χ0n) is 12.5. The van der Waals surface area contributed by atoms with E-state index in [-0.39, 0.29) is 5.91 Å².